The van der Waals surface area contributed by atoms with E-state index in [1.165, 1.54) is 16.7 Å². The van der Waals surface area contributed by atoms with Crippen LogP contribution in [0.1, 0.15) is 71.2 Å². The molecule has 2 amide bonds. The molecule has 37 heavy (non-hydrogen) atoms. The highest BCUT2D eigenvalue weighted by atomic mass is 16.2. The number of benzene rings is 3. The highest BCUT2D eigenvalue weighted by Gasteiger charge is 2.48. The van der Waals surface area contributed by atoms with Gasteiger partial charge in [0.1, 0.15) is 0 Å². The molecular weight excluding hydrogens is 458 g/mol. The highest BCUT2D eigenvalue weighted by molar-refractivity contribution is 5.95. The van der Waals surface area contributed by atoms with Gasteiger partial charge in [-0.15, -0.1) is 0 Å². The number of anilines is 1. The Balaban J connectivity index is 1.29. The zero-order chi connectivity index (χ0) is 25.4. The molecule has 6 rings (SSSR count). The van der Waals surface area contributed by atoms with Gasteiger partial charge in [0.05, 0.1) is 18.0 Å². The van der Waals surface area contributed by atoms with Gasteiger partial charge in [-0.05, 0) is 61.1 Å². The summed E-state index contributed by atoms with van der Waals surface area (Å²) in [6.07, 6.45) is 4.70. The van der Waals surface area contributed by atoms with Crippen molar-refractivity contribution in [2.45, 2.75) is 57.2 Å². The molecule has 2 fully saturated rings. The number of nitrogens with one attached hydrogen (secondary N) is 2. The Bertz CT molecular complexity index is 1280. The van der Waals surface area contributed by atoms with Crippen LogP contribution in [0, 0.1) is 18.8 Å². The van der Waals surface area contributed by atoms with Gasteiger partial charge in [0.15, 0.2) is 0 Å². The van der Waals surface area contributed by atoms with Crippen LogP contribution in [0.25, 0.3) is 0 Å². The molecule has 2 heterocycles. The average molecular weight is 494 g/mol. The van der Waals surface area contributed by atoms with E-state index in [1.54, 1.807) is 0 Å². The molecular formula is C32H35N3O2. The van der Waals surface area contributed by atoms with Gasteiger partial charge in [-0.1, -0.05) is 73.5 Å². The van der Waals surface area contributed by atoms with E-state index in [0.717, 1.165) is 44.3 Å². The number of rotatable bonds is 4. The number of fused-ring (bicyclic) bond motifs is 3. The van der Waals surface area contributed by atoms with E-state index >= 15 is 0 Å². The van der Waals surface area contributed by atoms with E-state index in [9.17, 15) is 9.59 Å². The summed E-state index contributed by atoms with van der Waals surface area (Å²) in [5, 5.41) is 7.05. The first kappa shape index (κ1) is 23.8. The van der Waals surface area contributed by atoms with E-state index in [2.05, 4.69) is 71.0 Å². The van der Waals surface area contributed by atoms with Crippen molar-refractivity contribution in [2.75, 3.05) is 11.9 Å². The van der Waals surface area contributed by atoms with Crippen LogP contribution in [-0.2, 0) is 4.79 Å². The maximum absolute atomic E-state index is 14.3. The number of likely N-dealkylation sites (tertiary alicyclic amines) is 1. The third kappa shape index (κ3) is 4.52. The fourth-order valence-corrected chi connectivity index (χ4v) is 6.78. The summed E-state index contributed by atoms with van der Waals surface area (Å²) in [5.41, 5.74) is 5.48. The van der Waals surface area contributed by atoms with Crippen LogP contribution >= 0.6 is 0 Å². The van der Waals surface area contributed by atoms with Crippen molar-refractivity contribution in [2.24, 2.45) is 11.8 Å². The number of nitrogens with zero attached hydrogens (tertiary/aromatic N) is 1. The summed E-state index contributed by atoms with van der Waals surface area (Å²) in [6.45, 7) is 2.87. The van der Waals surface area contributed by atoms with E-state index in [1.807, 2.05) is 30.3 Å². The van der Waals surface area contributed by atoms with Crippen LogP contribution in [0.15, 0.2) is 78.9 Å². The molecule has 2 aliphatic heterocycles. The monoisotopic (exact) mass is 493 g/mol. The Kier molecular flexibility index (Phi) is 6.45. The number of amides is 2. The normalized spacial score (nSPS) is 26.5. The molecule has 1 saturated heterocycles. The second-order valence-corrected chi connectivity index (χ2v) is 10.9. The summed E-state index contributed by atoms with van der Waals surface area (Å²) in [5.74, 6) is 0.240. The van der Waals surface area contributed by atoms with Crippen molar-refractivity contribution in [1.82, 2.24) is 10.2 Å². The Hall–Kier alpha value is -3.60. The molecule has 0 aromatic heterocycles. The SMILES string of the molecule is Cc1ccc2c(c1)NC(c1ccccc1)C1CCN(C(=O)[C@H]3CCCC[C@H]3NC(=O)c3ccccc3)C21. The van der Waals surface area contributed by atoms with Crippen molar-refractivity contribution in [3.8, 4) is 0 Å². The average Bonchev–Trinajstić information content (AvgIpc) is 3.39. The molecule has 5 nitrogen and oxygen atoms in total. The lowest BCUT2D eigenvalue weighted by Crippen LogP contribution is -2.50. The van der Waals surface area contributed by atoms with E-state index < -0.39 is 0 Å². The standard InChI is InChI=1S/C32H35N3O2/c1-21-16-17-24-28(20-21)33-29(22-10-4-2-5-11-22)26-18-19-35(30(24)26)32(37)25-14-8-9-15-27(25)34-31(36)23-12-6-3-7-13-23/h2-7,10-13,16-17,20,25-27,29-30,33H,8-9,14-15,18-19H2,1H3,(H,34,36)/t25-,26?,27+,29?,30?/m0/s1. The van der Waals surface area contributed by atoms with Crippen LogP contribution in [0.3, 0.4) is 0 Å². The fourth-order valence-electron chi connectivity index (χ4n) is 6.78. The predicted octanol–water partition coefficient (Wildman–Crippen LogP) is 6.04. The van der Waals surface area contributed by atoms with E-state index in [4.69, 9.17) is 0 Å². The van der Waals surface area contributed by atoms with E-state index in [-0.39, 0.29) is 35.9 Å². The first-order valence-electron chi connectivity index (χ1n) is 13.7. The quantitative estimate of drug-likeness (QED) is 0.466. The number of aryl methyl sites for hydroxylation is 1. The number of carbonyl (C=O) groups is 2. The third-order valence-electron chi connectivity index (χ3n) is 8.59. The molecule has 3 unspecified atom stereocenters. The van der Waals surface area contributed by atoms with Crippen LogP contribution in [0.5, 0.6) is 0 Å². The summed E-state index contributed by atoms with van der Waals surface area (Å²) < 4.78 is 0. The Morgan fingerprint density at radius 3 is 2.41 bits per heavy atom. The summed E-state index contributed by atoms with van der Waals surface area (Å²) in [4.78, 5) is 29.4. The molecule has 1 saturated carbocycles. The van der Waals surface area contributed by atoms with Gasteiger partial charge in [-0.2, -0.15) is 0 Å². The first-order chi connectivity index (χ1) is 18.1. The Labute approximate surface area is 219 Å². The molecule has 3 aromatic rings. The second-order valence-electron chi connectivity index (χ2n) is 10.9. The van der Waals surface area contributed by atoms with Gasteiger partial charge in [-0.25, -0.2) is 0 Å². The lowest BCUT2D eigenvalue weighted by molar-refractivity contribution is -0.138. The van der Waals surface area contributed by atoms with Crippen molar-refractivity contribution >= 4 is 17.5 Å². The van der Waals surface area contributed by atoms with Gasteiger partial charge in [0, 0.05) is 29.8 Å². The molecule has 2 N–H and O–H groups in total. The smallest absolute Gasteiger partial charge is 0.251 e. The minimum absolute atomic E-state index is 0.0435. The molecule has 0 bridgehead atoms. The Morgan fingerprint density at radius 2 is 1.62 bits per heavy atom. The molecule has 0 radical (unpaired) electrons. The van der Waals surface area contributed by atoms with Crippen molar-refractivity contribution in [1.29, 1.82) is 0 Å². The molecule has 190 valence electrons. The molecule has 1 aliphatic carbocycles. The fraction of sp³-hybridized carbons (Fsp3) is 0.375. The van der Waals surface area contributed by atoms with Crippen LogP contribution < -0.4 is 10.6 Å². The number of hydrogen-bond donors (Lipinski definition) is 2. The lowest BCUT2D eigenvalue weighted by atomic mass is 9.79. The second kappa shape index (κ2) is 10.0. The number of hydrogen-bond acceptors (Lipinski definition) is 3. The first-order valence-corrected chi connectivity index (χ1v) is 13.7. The highest BCUT2D eigenvalue weighted by Crippen LogP contribution is 2.52. The van der Waals surface area contributed by atoms with Crippen molar-refractivity contribution < 1.29 is 9.59 Å². The maximum Gasteiger partial charge on any atom is 0.251 e. The molecule has 5 atom stereocenters. The zero-order valence-electron chi connectivity index (χ0n) is 21.4. The lowest BCUT2D eigenvalue weighted by Gasteiger charge is -2.42. The van der Waals surface area contributed by atoms with Crippen molar-refractivity contribution in [3.05, 3.63) is 101 Å². The minimum atomic E-state index is -0.181. The predicted molar refractivity (Wildman–Crippen MR) is 146 cm³/mol. The third-order valence-corrected chi connectivity index (χ3v) is 8.59. The molecule has 5 heteroatoms. The molecule has 3 aliphatic rings. The minimum Gasteiger partial charge on any atom is -0.378 e. The van der Waals surface area contributed by atoms with Crippen LogP contribution in [0.2, 0.25) is 0 Å². The van der Waals surface area contributed by atoms with Crippen LogP contribution in [-0.4, -0.2) is 29.3 Å². The van der Waals surface area contributed by atoms with Gasteiger partial charge in [-0.3, -0.25) is 9.59 Å². The van der Waals surface area contributed by atoms with Gasteiger partial charge >= 0.3 is 0 Å². The van der Waals surface area contributed by atoms with Gasteiger partial charge < -0.3 is 15.5 Å². The van der Waals surface area contributed by atoms with E-state index in [0.29, 0.717) is 11.5 Å². The number of carbonyl (C=O) groups excluding carboxylic acids is 2. The van der Waals surface area contributed by atoms with Gasteiger partial charge in [0.2, 0.25) is 5.91 Å². The largest absolute Gasteiger partial charge is 0.378 e. The van der Waals surface area contributed by atoms with Gasteiger partial charge in [0.25, 0.3) is 5.91 Å². The molecule has 3 aromatic carbocycles. The summed E-state index contributed by atoms with van der Waals surface area (Å²) >= 11 is 0. The van der Waals surface area contributed by atoms with Crippen molar-refractivity contribution in [3.63, 3.8) is 0 Å². The topological polar surface area (TPSA) is 61.4 Å². The maximum atomic E-state index is 14.3. The Morgan fingerprint density at radius 1 is 0.892 bits per heavy atom. The summed E-state index contributed by atoms with van der Waals surface area (Å²) in [7, 11) is 0. The molecule has 0 spiro atoms. The zero-order valence-corrected chi connectivity index (χ0v) is 21.4. The van der Waals surface area contributed by atoms with Crippen LogP contribution in [0.4, 0.5) is 5.69 Å². The summed E-state index contributed by atoms with van der Waals surface area (Å²) in [6, 6.07) is 26.6.